The van der Waals surface area contributed by atoms with E-state index in [1.54, 1.807) is 23.5 Å². The summed E-state index contributed by atoms with van der Waals surface area (Å²) in [7, 11) is 1.97. The van der Waals surface area contributed by atoms with Crippen LogP contribution in [0.1, 0.15) is 11.4 Å². The Balaban J connectivity index is 2.08. The van der Waals surface area contributed by atoms with Gasteiger partial charge in [0.15, 0.2) is 5.65 Å². The average molecular weight is 345 g/mol. The molecule has 0 unspecified atom stereocenters. The minimum atomic E-state index is 0.920. The molecule has 1 aromatic carbocycles. The Labute approximate surface area is 145 Å². The van der Waals surface area contributed by atoms with Crippen molar-refractivity contribution in [3.63, 3.8) is 0 Å². The summed E-state index contributed by atoms with van der Waals surface area (Å²) < 4.78 is 1.96. The molecular formula is C17H20N4S2. The lowest BCUT2D eigenvalue weighted by atomic mass is 10.2. The van der Waals surface area contributed by atoms with Gasteiger partial charge < -0.3 is 5.32 Å². The molecule has 0 aliphatic rings. The van der Waals surface area contributed by atoms with Crippen molar-refractivity contribution in [2.45, 2.75) is 28.2 Å². The van der Waals surface area contributed by atoms with Gasteiger partial charge in [-0.1, -0.05) is 30.0 Å². The van der Waals surface area contributed by atoms with Crippen molar-refractivity contribution in [3.05, 3.63) is 47.8 Å². The van der Waals surface area contributed by atoms with E-state index in [0.717, 1.165) is 39.9 Å². The number of nitrogens with zero attached hydrogens (tertiary/aromatic N) is 3. The number of hydrogen-bond acceptors (Lipinski definition) is 5. The van der Waals surface area contributed by atoms with Crippen molar-refractivity contribution < 1.29 is 0 Å². The number of aryl methyl sites for hydroxylation is 1. The molecule has 4 nitrogen and oxygen atoms in total. The van der Waals surface area contributed by atoms with Gasteiger partial charge in [-0.3, -0.25) is 0 Å². The van der Waals surface area contributed by atoms with Gasteiger partial charge in [-0.2, -0.15) is 5.10 Å². The van der Waals surface area contributed by atoms with Gasteiger partial charge in [-0.25, -0.2) is 9.50 Å². The molecule has 120 valence electrons. The van der Waals surface area contributed by atoms with Crippen molar-refractivity contribution in [2.24, 2.45) is 0 Å². The highest BCUT2D eigenvalue weighted by molar-refractivity contribution is 8.02. The normalized spacial score (nSPS) is 11.3. The number of rotatable bonds is 6. The largest absolute Gasteiger partial charge is 0.319 e. The second-order valence-corrected chi connectivity index (χ2v) is 7.11. The van der Waals surface area contributed by atoms with E-state index in [4.69, 9.17) is 10.1 Å². The summed E-state index contributed by atoms with van der Waals surface area (Å²) in [5.74, 6) is 0. The van der Waals surface area contributed by atoms with E-state index < -0.39 is 0 Å². The van der Waals surface area contributed by atoms with E-state index in [1.807, 2.05) is 17.6 Å². The minimum absolute atomic E-state index is 0.920. The minimum Gasteiger partial charge on any atom is -0.319 e. The molecule has 0 radical (unpaired) electrons. The molecule has 0 atom stereocenters. The number of thioether (sulfide) groups is 1. The van der Waals surface area contributed by atoms with Crippen molar-refractivity contribution in [1.29, 1.82) is 0 Å². The second kappa shape index (κ2) is 7.38. The molecule has 0 bridgehead atoms. The molecule has 0 amide bonds. The van der Waals surface area contributed by atoms with Gasteiger partial charge in [0.1, 0.15) is 5.03 Å². The summed E-state index contributed by atoms with van der Waals surface area (Å²) in [6, 6.07) is 12.5. The highest BCUT2D eigenvalue weighted by Crippen LogP contribution is 2.37. The summed E-state index contributed by atoms with van der Waals surface area (Å²) in [6.07, 6.45) is 2.98. The van der Waals surface area contributed by atoms with Gasteiger partial charge in [-0.15, -0.1) is 11.8 Å². The average Bonchev–Trinajstić information content (AvgIpc) is 2.92. The zero-order valence-electron chi connectivity index (χ0n) is 13.5. The quantitative estimate of drug-likeness (QED) is 0.691. The first-order valence-electron chi connectivity index (χ1n) is 7.53. The van der Waals surface area contributed by atoms with Crippen molar-refractivity contribution in [3.8, 4) is 0 Å². The third-order valence-electron chi connectivity index (χ3n) is 3.54. The molecule has 2 heterocycles. The predicted octanol–water partition coefficient (Wildman–Crippen LogP) is 3.67. The van der Waals surface area contributed by atoms with Crippen LogP contribution in [0.5, 0.6) is 0 Å². The van der Waals surface area contributed by atoms with Gasteiger partial charge in [0.05, 0.1) is 4.90 Å². The maximum absolute atomic E-state index is 4.86. The molecule has 0 aliphatic carbocycles. The Morgan fingerprint density at radius 3 is 2.70 bits per heavy atom. The maximum atomic E-state index is 4.86. The van der Waals surface area contributed by atoms with E-state index >= 15 is 0 Å². The maximum Gasteiger partial charge on any atom is 0.170 e. The van der Waals surface area contributed by atoms with Gasteiger partial charge in [0.25, 0.3) is 0 Å². The van der Waals surface area contributed by atoms with Crippen LogP contribution in [-0.4, -0.2) is 34.4 Å². The summed E-state index contributed by atoms with van der Waals surface area (Å²) in [6.45, 7) is 3.01. The van der Waals surface area contributed by atoms with Crippen LogP contribution in [0.4, 0.5) is 0 Å². The van der Waals surface area contributed by atoms with Crippen molar-refractivity contribution >= 4 is 29.2 Å². The topological polar surface area (TPSA) is 42.2 Å². The molecule has 6 heteroatoms. The molecule has 0 aliphatic heterocycles. The van der Waals surface area contributed by atoms with Gasteiger partial charge in [0.2, 0.25) is 0 Å². The molecule has 23 heavy (non-hydrogen) atoms. The predicted molar refractivity (Wildman–Crippen MR) is 97.7 cm³/mol. The Bertz CT molecular complexity index is 799. The van der Waals surface area contributed by atoms with E-state index in [1.165, 1.54) is 4.90 Å². The summed E-state index contributed by atoms with van der Waals surface area (Å²) in [5, 5.41) is 8.94. The van der Waals surface area contributed by atoms with Crippen molar-refractivity contribution in [1.82, 2.24) is 19.9 Å². The number of aromatic nitrogens is 3. The Morgan fingerprint density at radius 1 is 1.22 bits per heavy atom. The van der Waals surface area contributed by atoms with Gasteiger partial charge >= 0.3 is 0 Å². The van der Waals surface area contributed by atoms with Crippen LogP contribution < -0.4 is 5.32 Å². The van der Waals surface area contributed by atoms with Gasteiger partial charge in [0, 0.05) is 29.2 Å². The first-order chi connectivity index (χ1) is 11.2. The van der Waals surface area contributed by atoms with E-state index in [0.29, 0.717) is 0 Å². The van der Waals surface area contributed by atoms with E-state index in [9.17, 15) is 0 Å². The standard InChI is InChI=1S/C17H20N4S2/c1-12-11-13(9-10-18-2)19-16-15(17(22-3)20-21(12)16)23-14-7-5-4-6-8-14/h4-8,11,18H,9-10H2,1-3H3. The van der Waals surface area contributed by atoms with Crippen molar-refractivity contribution in [2.75, 3.05) is 19.8 Å². The smallest absolute Gasteiger partial charge is 0.170 e. The zero-order valence-corrected chi connectivity index (χ0v) is 15.2. The van der Waals surface area contributed by atoms with Crippen LogP contribution >= 0.6 is 23.5 Å². The molecule has 3 rings (SSSR count). The van der Waals surface area contributed by atoms with Crippen LogP contribution in [0.2, 0.25) is 0 Å². The summed E-state index contributed by atoms with van der Waals surface area (Å²) in [4.78, 5) is 7.21. The van der Waals surface area contributed by atoms with Gasteiger partial charge in [-0.05, 0) is 38.4 Å². The van der Waals surface area contributed by atoms with Crippen LogP contribution in [0.25, 0.3) is 5.65 Å². The number of hydrogen-bond donors (Lipinski definition) is 1. The third-order valence-corrected chi connectivity index (χ3v) is 5.43. The lowest BCUT2D eigenvalue weighted by molar-refractivity contribution is 0.766. The first-order valence-corrected chi connectivity index (χ1v) is 9.58. The number of nitrogens with one attached hydrogen (secondary N) is 1. The highest BCUT2D eigenvalue weighted by Gasteiger charge is 2.17. The number of likely N-dealkylation sites (N-methyl/N-ethyl adjacent to an activating group) is 1. The Hall–Kier alpha value is -1.50. The summed E-state index contributed by atoms with van der Waals surface area (Å²) >= 11 is 3.40. The molecule has 0 fully saturated rings. The van der Waals surface area contributed by atoms with Crippen LogP contribution in [0.15, 0.2) is 51.2 Å². The SMILES string of the molecule is CNCCc1cc(C)n2nc(SC)c(Sc3ccccc3)c2n1. The monoisotopic (exact) mass is 344 g/mol. The fraction of sp³-hybridized carbons (Fsp3) is 0.294. The third kappa shape index (κ3) is 3.54. The molecule has 1 N–H and O–H groups in total. The molecule has 2 aromatic heterocycles. The molecular weight excluding hydrogens is 324 g/mol. The second-order valence-electron chi connectivity index (χ2n) is 5.23. The van der Waals surface area contributed by atoms with E-state index in [-0.39, 0.29) is 0 Å². The Kier molecular flexibility index (Phi) is 5.25. The lowest BCUT2D eigenvalue weighted by Crippen LogP contribution is -2.12. The molecule has 0 spiro atoms. The fourth-order valence-corrected chi connectivity index (χ4v) is 4.10. The Morgan fingerprint density at radius 2 is 2.00 bits per heavy atom. The number of benzene rings is 1. The zero-order chi connectivity index (χ0) is 16.2. The summed E-state index contributed by atoms with van der Waals surface area (Å²) in [5.41, 5.74) is 3.18. The molecule has 0 saturated heterocycles. The van der Waals surface area contributed by atoms with Crippen LogP contribution in [0, 0.1) is 6.92 Å². The first kappa shape index (κ1) is 16.4. The highest BCUT2D eigenvalue weighted by atomic mass is 32.2. The number of fused-ring (bicyclic) bond motifs is 1. The van der Waals surface area contributed by atoms with E-state index in [2.05, 4.69) is 48.8 Å². The van der Waals surface area contributed by atoms with Crippen LogP contribution in [-0.2, 0) is 6.42 Å². The lowest BCUT2D eigenvalue weighted by Gasteiger charge is -2.06. The fourth-order valence-electron chi connectivity index (χ4n) is 2.40. The molecule has 0 saturated carbocycles. The van der Waals surface area contributed by atoms with Crippen LogP contribution in [0.3, 0.4) is 0 Å². The molecule has 3 aromatic rings.